The molecule has 3 heterocycles. The maximum Gasteiger partial charge on any atom is 0.221 e. The van der Waals surface area contributed by atoms with E-state index in [1.165, 1.54) is 21.3 Å². The molecule has 0 aliphatic heterocycles. The summed E-state index contributed by atoms with van der Waals surface area (Å²) in [6.45, 7) is 0.415. The molecule has 0 fully saturated rings. The molecule has 1 aromatic carbocycles. The second kappa shape index (κ2) is 7.22. The van der Waals surface area contributed by atoms with E-state index in [4.69, 9.17) is 4.42 Å². The van der Waals surface area contributed by atoms with Crippen LogP contribution in [0.4, 0.5) is 0 Å². The number of aryl methyl sites for hydroxylation is 1. The van der Waals surface area contributed by atoms with Crippen molar-refractivity contribution in [1.29, 1.82) is 0 Å². The van der Waals surface area contributed by atoms with E-state index in [-0.39, 0.29) is 11.8 Å². The van der Waals surface area contributed by atoms with E-state index in [1.54, 1.807) is 17.6 Å². The van der Waals surface area contributed by atoms with Crippen LogP contribution in [-0.4, -0.2) is 10.5 Å². The number of nitrogens with one attached hydrogen (secondary N) is 1. The third-order valence-electron chi connectivity index (χ3n) is 4.62. The molecule has 1 atom stereocenters. The fourth-order valence-corrected chi connectivity index (χ4v) is 4.21. The highest BCUT2D eigenvalue weighted by atomic mass is 32.1. The molecule has 3 aromatic heterocycles. The van der Waals surface area contributed by atoms with Crippen molar-refractivity contribution in [2.75, 3.05) is 0 Å². The molecule has 0 aliphatic carbocycles. The van der Waals surface area contributed by atoms with Crippen molar-refractivity contribution in [3.8, 4) is 0 Å². The van der Waals surface area contributed by atoms with Crippen LogP contribution in [0.1, 0.15) is 28.5 Å². The standard InChI is InChI=1S/C21H20N2O2S/c1-23-14-18(16-7-2-3-8-19(16)23)17(20-9-5-11-26-20)12-21(24)22-13-15-6-4-10-25-15/h2-11,14,17H,12-13H2,1H3,(H,22,24). The lowest BCUT2D eigenvalue weighted by Gasteiger charge is -2.15. The van der Waals surface area contributed by atoms with Crippen LogP contribution < -0.4 is 5.32 Å². The van der Waals surface area contributed by atoms with Crippen LogP contribution in [0.25, 0.3) is 10.9 Å². The van der Waals surface area contributed by atoms with Crippen molar-refractivity contribution >= 4 is 28.1 Å². The predicted molar refractivity (Wildman–Crippen MR) is 104 cm³/mol. The van der Waals surface area contributed by atoms with Crippen LogP contribution in [-0.2, 0) is 18.4 Å². The topological polar surface area (TPSA) is 47.2 Å². The number of carbonyl (C=O) groups excluding carboxylic acids is 1. The molecule has 5 heteroatoms. The Kier molecular flexibility index (Phi) is 4.63. The molecule has 4 rings (SSSR count). The SMILES string of the molecule is Cn1cc(C(CC(=O)NCc2ccco2)c2cccs2)c2ccccc21. The minimum absolute atomic E-state index is 0.0211. The molecule has 0 radical (unpaired) electrons. The number of benzene rings is 1. The Morgan fingerprint density at radius 1 is 1.19 bits per heavy atom. The number of hydrogen-bond acceptors (Lipinski definition) is 3. The van der Waals surface area contributed by atoms with Gasteiger partial charge in [-0.25, -0.2) is 0 Å². The number of nitrogens with zero attached hydrogens (tertiary/aromatic N) is 1. The van der Waals surface area contributed by atoms with Gasteiger partial charge in [-0.1, -0.05) is 24.3 Å². The van der Waals surface area contributed by atoms with Crippen LogP contribution in [0.15, 0.2) is 70.8 Å². The summed E-state index contributed by atoms with van der Waals surface area (Å²) < 4.78 is 7.42. The molecular formula is C21H20N2O2S. The molecule has 4 aromatic rings. The van der Waals surface area contributed by atoms with Gasteiger partial charge in [0.1, 0.15) is 5.76 Å². The summed E-state index contributed by atoms with van der Waals surface area (Å²) in [5.74, 6) is 0.821. The first-order valence-corrected chi connectivity index (χ1v) is 9.47. The molecule has 0 spiro atoms. The highest BCUT2D eigenvalue weighted by molar-refractivity contribution is 7.10. The number of carbonyl (C=O) groups is 1. The fourth-order valence-electron chi connectivity index (χ4n) is 3.36. The summed E-state index contributed by atoms with van der Waals surface area (Å²) in [6.07, 6.45) is 4.18. The Hall–Kier alpha value is -2.79. The molecule has 1 unspecified atom stereocenters. The molecule has 1 amide bonds. The van der Waals surface area contributed by atoms with Gasteiger partial charge in [-0.3, -0.25) is 4.79 Å². The maximum atomic E-state index is 12.6. The largest absolute Gasteiger partial charge is 0.467 e. The van der Waals surface area contributed by atoms with Gasteiger partial charge in [0.2, 0.25) is 5.91 Å². The van der Waals surface area contributed by atoms with E-state index in [1.807, 2.05) is 37.4 Å². The van der Waals surface area contributed by atoms with Gasteiger partial charge in [0, 0.05) is 41.4 Å². The van der Waals surface area contributed by atoms with Crippen LogP contribution in [0.5, 0.6) is 0 Å². The average Bonchev–Trinajstić information content (AvgIpc) is 3.40. The Balaban J connectivity index is 1.61. The fraction of sp³-hybridized carbons (Fsp3) is 0.190. The third kappa shape index (κ3) is 3.30. The van der Waals surface area contributed by atoms with E-state index in [9.17, 15) is 4.79 Å². The van der Waals surface area contributed by atoms with Gasteiger partial charge in [0.15, 0.2) is 0 Å². The van der Waals surface area contributed by atoms with Crippen LogP contribution in [0.2, 0.25) is 0 Å². The molecule has 26 heavy (non-hydrogen) atoms. The summed E-state index contributed by atoms with van der Waals surface area (Å²) in [6, 6.07) is 16.2. The number of thiophene rings is 1. The lowest BCUT2D eigenvalue weighted by molar-refractivity contribution is -0.121. The van der Waals surface area contributed by atoms with E-state index < -0.39 is 0 Å². The van der Waals surface area contributed by atoms with Gasteiger partial charge in [-0.2, -0.15) is 0 Å². The smallest absolute Gasteiger partial charge is 0.221 e. The van der Waals surface area contributed by atoms with Gasteiger partial charge in [0.25, 0.3) is 0 Å². The van der Waals surface area contributed by atoms with Gasteiger partial charge in [0.05, 0.1) is 12.8 Å². The molecule has 132 valence electrons. The molecule has 0 aliphatic rings. The summed E-state index contributed by atoms with van der Waals surface area (Å²) in [4.78, 5) is 13.8. The third-order valence-corrected chi connectivity index (χ3v) is 5.61. The van der Waals surface area contributed by atoms with Crippen LogP contribution >= 0.6 is 11.3 Å². The van der Waals surface area contributed by atoms with E-state index >= 15 is 0 Å². The molecular weight excluding hydrogens is 344 g/mol. The first-order valence-electron chi connectivity index (χ1n) is 8.59. The Morgan fingerprint density at radius 2 is 2.08 bits per heavy atom. The second-order valence-corrected chi connectivity index (χ2v) is 7.32. The van der Waals surface area contributed by atoms with Gasteiger partial charge in [-0.05, 0) is 35.2 Å². The predicted octanol–water partition coefficient (Wildman–Crippen LogP) is 4.67. The Morgan fingerprint density at radius 3 is 2.85 bits per heavy atom. The zero-order chi connectivity index (χ0) is 17.9. The van der Waals surface area contributed by atoms with Crippen molar-refractivity contribution in [2.45, 2.75) is 18.9 Å². The zero-order valence-corrected chi connectivity index (χ0v) is 15.3. The zero-order valence-electron chi connectivity index (χ0n) is 14.5. The normalized spacial score (nSPS) is 12.3. The Labute approximate surface area is 156 Å². The Bertz CT molecular complexity index is 1000. The number of para-hydroxylation sites is 1. The first-order chi connectivity index (χ1) is 12.7. The van der Waals surface area contributed by atoms with Crippen molar-refractivity contribution in [1.82, 2.24) is 9.88 Å². The highest BCUT2D eigenvalue weighted by Gasteiger charge is 2.23. The van der Waals surface area contributed by atoms with Crippen molar-refractivity contribution in [3.05, 3.63) is 82.6 Å². The molecule has 0 saturated carbocycles. The van der Waals surface area contributed by atoms with E-state index in [2.05, 4.69) is 39.7 Å². The van der Waals surface area contributed by atoms with Crippen LogP contribution in [0.3, 0.4) is 0 Å². The number of rotatable bonds is 6. The van der Waals surface area contributed by atoms with Crippen LogP contribution in [0, 0.1) is 0 Å². The lowest BCUT2D eigenvalue weighted by atomic mass is 9.93. The molecule has 0 bridgehead atoms. The minimum atomic E-state index is 0.0211. The lowest BCUT2D eigenvalue weighted by Crippen LogP contribution is -2.24. The van der Waals surface area contributed by atoms with Gasteiger partial charge >= 0.3 is 0 Å². The number of furan rings is 1. The highest BCUT2D eigenvalue weighted by Crippen LogP contribution is 2.36. The summed E-state index contributed by atoms with van der Waals surface area (Å²) in [7, 11) is 2.05. The number of fused-ring (bicyclic) bond motifs is 1. The molecule has 4 nitrogen and oxygen atoms in total. The molecule has 1 N–H and O–H groups in total. The van der Waals surface area contributed by atoms with E-state index in [0.717, 1.165) is 5.76 Å². The second-order valence-electron chi connectivity index (χ2n) is 6.34. The summed E-state index contributed by atoms with van der Waals surface area (Å²) >= 11 is 1.69. The summed E-state index contributed by atoms with van der Waals surface area (Å²) in [5.41, 5.74) is 2.37. The van der Waals surface area contributed by atoms with E-state index in [0.29, 0.717) is 13.0 Å². The quantitative estimate of drug-likeness (QED) is 0.540. The van der Waals surface area contributed by atoms with Gasteiger partial charge in [-0.15, -0.1) is 11.3 Å². The molecule has 0 saturated heterocycles. The van der Waals surface area contributed by atoms with Crippen molar-refractivity contribution < 1.29 is 9.21 Å². The van der Waals surface area contributed by atoms with Crippen molar-refractivity contribution in [2.24, 2.45) is 7.05 Å². The monoisotopic (exact) mass is 364 g/mol. The van der Waals surface area contributed by atoms with Gasteiger partial charge < -0.3 is 14.3 Å². The summed E-state index contributed by atoms with van der Waals surface area (Å²) in [5, 5.41) is 6.23. The number of hydrogen-bond donors (Lipinski definition) is 1. The van der Waals surface area contributed by atoms with Crippen molar-refractivity contribution in [3.63, 3.8) is 0 Å². The maximum absolute atomic E-state index is 12.6. The number of amides is 1. The first kappa shape index (κ1) is 16.7. The number of aromatic nitrogens is 1. The minimum Gasteiger partial charge on any atom is -0.467 e. The average molecular weight is 364 g/mol.